The highest BCUT2D eigenvalue weighted by molar-refractivity contribution is 6.36. The van der Waals surface area contributed by atoms with Gasteiger partial charge in [-0.3, -0.25) is 9.59 Å². The topological polar surface area (TPSA) is 49.9 Å². The molecule has 3 nitrogen and oxygen atoms in total. The van der Waals surface area contributed by atoms with E-state index in [1.165, 1.54) is 12.3 Å². The van der Waals surface area contributed by atoms with Crippen molar-refractivity contribution in [3.05, 3.63) is 56.4 Å². The van der Waals surface area contributed by atoms with Gasteiger partial charge in [0.25, 0.3) is 5.56 Å². The monoisotopic (exact) mass is 267 g/mol. The third-order valence-corrected chi connectivity index (χ3v) is 2.83. The Kier molecular flexibility index (Phi) is 3.31. The molecular weight excluding hydrogens is 261 g/mol. The van der Waals surface area contributed by atoms with Crippen LogP contribution in [0, 0.1) is 0 Å². The van der Waals surface area contributed by atoms with Gasteiger partial charge in [-0.2, -0.15) is 0 Å². The van der Waals surface area contributed by atoms with E-state index in [2.05, 4.69) is 4.98 Å². The number of aromatic amines is 1. The van der Waals surface area contributed by atoms with Crippen LogP contribution in [0.4, 0.5) is 0 Å². The van der Waals surface area contributed by atoms with Gasteiger partial charge in [-0.25, -0.2) is 0 Å². The molecule has 1 aromatic heterocycles. The standard InChI is InChI=1S/C12H7Cl2NO2/c13-8-1-2-9(11(14)4-8)10-3-7(6-16)5-15-12(10)17/h1-6H,(H,15,17). The van der Waals surface area contributed by atoms with E-state index in [1.807, 2.05) is 0 Å². The molecule has 0 fully saturated rings. The maximum Gasteiger partial charge on any atom is 0.255 e. The zero-order valence-corrected chi connectivity index (χ0v) is 10.0. The molecule has 5 heteroatoms. The van der Waals surface area contributed by atoms with Gasteiger partial charge in [0.05, 0.1) is 5.02 Å². The molecule has 0 bridgehead atoms. The number of rotatable bonds is 2. The summed E-state index contributed by atoms with van der Waals surface area (Å²) in [6.07, 6.45) is 2.01. The molecule has 1 aromatic carbocycles. The Morgan fingerprint density at radius 2 is 1.88 bits per heavy atom. The normalized spacial score (nSPS) is 10.2. The van der Waals surface area contributed by atoms with E-state index < -0.39 is 0 Å². The van der Waals surface area contributed by atoms with Gasteiger partial charge in [0.2, 0.25) is 0 Å². The van der Waals surface area contributed by atoms with Crippen molar-refractivity contribution in [2.75, 3.05) is 0 Å². The van der Waals surface area contributed by atoms with Crippen molar-refractivity contribution in [1.29, 1.82) is 0 Å². The molecule has 1 N–H and O–H groups in total. The summed E-state index contributed by atoms with van der Waals surface area (Å²) in [5.41, 5.74) is 0.961. The van der Waals surface area contributed by atoms with Crippen LogP contribution in [-0.4, -0.2) is 11.3 Å². The molecule has 2 rings (SSSR count). The third-order valence-electron chi connectivity index (χ3n) is 2.28. The largest absolute Gasteiger partial charge is 0.328 e. The lowest BCUT2D eigenvalue weighted by Crippen LogP contribution is -2.09. The van der Waals surface area contributed by atoms with Crippen LogP contribution in [-0.2, 0) is 0 Å². The lowest BCUT2D eigenvalue weighted by atomic mass is 10.1. The average molecular weight is 268 g/mol. The Hall–Kier alpha value is -1.58. The molecule has 0 aliphatic heterocycles. The third kappa shape index (κ3) is 2.40. The highest BCUT2D eigenvalue weighted by atomic mass is 35.5. The van der Waals surface area contributed by atoms with Crippen LogP contribution in [0.2, 0.25) is 10.0 Å². The van der Waals surface area contributed by atoms with Crippen LogP contribution < -0.4 is 5.56 Å². The minimum atomic E-state index is -0.306. The summed E-state index contributed by atoms with van der Waals surface area (Å²) >= 11 is 11.8. The predicted molar refractivity (Wildman–Crippen MR) is 67.9 cm³/mol. The first kappa shape index (κ1) is 11.9. The maximum absolute atomic E-state index is 11.7. The zero-order valence-electron chi connectivity index (χ0n) is 8.54. The number of aromatic nitrogens is 1. The summed E-state index contributed by atoms with van der Waals surface area (Å²) in [4.78, 5) is 24.8. The van der Waals surface area contributed by atoms with Crippen molar-refractivity contribution >= 4 is 29.5 Å². The highest BCUT2D eigenvalue weighted by Gasteiger charge is 2.09. The van der Waals surface area contributed by atoms with E-state index in [9.17, 15) is 9.59 Å². The van der Waals surface area contributed by atoms with Crippen LogP contribution in [0.25, 0.3) is 11.1 Å². The van der Waals surface area contributed by atoms with Gasteiger partial charge in [-0.1, -0.05) is 29.3 Å². The zero-order chi connectivity index (χ0) is 12.4. The number of benzene rings is 1. The van der Waals surface area contributed by atoms with E-state index in [0.29, 0.717) is 33.0 Å². The van der Waals surface area contributed by atoms with Crippen LogP contribution in [0.15, 0.2) is 35.3 Å². The lowest BCUT2D eigenvalue weighted by Gasteiger charge is -2.04. The van der Waals surface area contributed by atoms with Gasteiger partial charge in [-0.15, -0.1) is 0 Å². The fraction of sp³-hybridized carbons (Fsp3) is 0. The molecular formula is C12H7Cl2NO2. The van der Waals surface area contributed by atoms with Gasteiger partial charge < -0.3 is 4.98 Å². The van der Waals surface area contributed by atoms with Gasteiger partial charge in [0.15, 0.2) is 6.29 Å². The highest BCUT2D eigenvalue weighted by Crippen LogP contribution is 2.28. The fourth-order valence-electron chi connectivity index (χ4n) is 1.48. The summed E-state index contributed by atoms with van der Waals surface area (Å²) in [5.74, 6) is 0. The Bertz CT molecular complexity index is 635. The predicted octanol–water partition coefficient (Wildman–Crippen LogP) is 3.16. The second-order valence-corrected chi connectivity index (χ2v) is 4.26. The summed E-state index contributed by atoms with van der Waals surface area (Å²) in [6.45, 7) is 0. The van der Waals surface area contributed by atoms with Crippen molar-refractivity contribution in [2.45, 2.75) is 0 Å². The van der Waals surface area contributed by atoms with Crippen molar-refractivity contribution in [1.82, 2.24) is 4.98 Å². The number of H-pyrrole nitrogens is 1. The van der Waals surface area contributed by atoms with Crippen molar-refractivity contribution < 1.29 is 4.79 Å². The number of carbonyl (C=O) groups excluding carboxylic acids is 1. The first-order valence-corrected chi connectivity index (χ1v) is 5.51. The first-order valence-electron chi connectivity index (χ1n) is 4.75. The second kappa shape index (κ2) is 4.73. The number of hydrogen-bond acceptors (Lipinski definition) is 2. The summed E-state index contributed by atoms with van der Waals surface area (Å²) in [6, 6.07) is 6.31. The molecule has 0 radical (unpaired) electrons. The van der Waals surface area contributed by atoms with Crippen LogP contribution >= 0.6 is 23.2 Å². The quantitative estimate of drug-likeness (QED) is 0.850. The molecule has 0 saturated heterocycles. The Balaban J connectivity index is 2.67. The molecule has 0 spiro atoms. The van der Waals surface area contributed by atoms with E-state index in [0.717, 1.165) is 0 Å². The van der Waals surface area contributed by atoms with Crippen LogP contribution in [0.3, 0.4) is 0 Å². The van der Waals surface area contributed by atoms with Gasteiger partial charge >= 0.3 is 0 Å². The summed E-state index contributed by atoms with van der Waals surface area (Å²) in [7, 11) is 0. The molecule has 0 aliphatic carbocycles. The number of hydrogen-bond donors (Lipinski definition) is 1. The molecule has 86 valence electrons. The summed E-state index contributed by atoms with van der Waals surface area (Å²) in [5, 5.41) is 0.854. The fourth-order valence-corrected chi connectivity index (χ4v) is 1.99. The Labute approximate surface area is 107 Å². The maximum atomic E-state index is 11.7. The molecule has 0 amide bonds. The van der Waals surface area contributed by atoms with Crippen LogP contribution in [0.1, 0.15) is 10.4 Å². The molecule has 1 heterocycles. The number of pyridine rings is 1. The smallest absolute Gasteiger partial charge is 0.255 e. The number of halogens is 2. The first-order chi connectivity index (χ1) is 8.11. The molecule has 0 aliphatic rings. The minimum absolute atomic E-state index is 0.306. The van der Waals surface area contributed by atoms with E-state index in [-0.39, 0.29) is 5.56 Å². The van der Waals surface area contributed by atoms with Gasteiger partial charge in [0, 0.05) is 27.9 Å². The van der Waals surface area contributed by atoms with E-state index >= 15 is 0 Å². The average Bonchev–Trinajstić information content (AvgIpc) is 2.30. The molecule has 0 unspecified atom stereocenters. The van der Waals surface area contributed by atoms with Gasteiger partial charge in [0.1, 0.15) is 0 Å². The lowest BCUT2D eigenvalue weighted by molar-refractivity contribution is 0.112. The molecule has 2 aromatic rings. The van der Waals surface area contributed by atoms with Crippen molar-refractivity contribution in [2.24, 2.45) is 0 Å². The second-order valence-electron chi connectivity index (χ2n) is 3.42. The Morgan fingerprint density at radius 1 is 1.12 bits per heavy atom. The number of carbonyl (C=O) groups is 1. The number of aldehydes is 1. The van der Waals surface area contributed by atoms with E-state index in [1.54, 1.807) is 18.2 Å². The van der Waals surface area contributed by atoms with Crippen LogP contribution in [0.5, 0.6) is 0 Å². The Morgan fingerprint density at radius 3 is 2.53 bits per heavy atom. The molecule has 0 saturated carbocycles. The molecule has 0 atom stereocenters. The van der Waals surface area contributed by atoms with E-state index in [4.69, 9.17) is 23.2 Å². The minimum Gasteiger partial charge on any atom is -0.328 e. The van der Waals surface area contributed by atoms with Crippen molar-refractivity contribution in [3.63, 3.8) is 0 Å². The van der Waals surface area contributed by atoms with Gasteiger partial charge in [-0.05, 0) is 18.2 Å². The number of nitrogens with one attached hydrogen (secondary N) is 1. The molecule has 17 heavy (non-hydrogen) atoms. The van der Waals surface area contributed by atoms with Crippen molar-refractivity contribution in [3.8, 4) is 11.1 Å². The summed E-state index contributed by atoms with van der Waals surface area (Å²) < 4.78 is 0. The SMILES string of the molecule is O=Cc1c[nH]c(=O)c(-c2ccc(Cl)cc2Cl)c1.